The predicted molar refractivity (Wildman–Crippen MR) is 60.9 cm³/mol. The number of aromatic nitrogens is 4. The lowest BCUT2D eigenvalue weighted by molar-refractivity contribution is -0.782. The summed E-state index contributed by atoms with van der Waals surface area (Å²) < 4.78 is 10.1. The van der Waals surface area contributed by atoms with Crippen molar-refractivity contribution in [1.29, 1.82) is 0 Å². The molecule has 12 nitrogen and oxygen atoms in total. The molecule has 1 aliphatic heterocycles. The number of hydrogen-bond donors (Lipinski definition) is 4. The number of fused-ring (bicyclic) bond motifs is 1. The Bertz CT molecular complexity index is 793. The van der Waals surface area contributed by atoms with Gasteiger partial charge >= 0.3 is 22.4 Å². The van der Waals surface area contributed by atoms with Gasteiger partial charge in [0, 0.05) is 0 Å². The van der Waals surface area contributed by atoms with Crippen LogP contribution in [0.4, 0.5) is 0 Å². The van der Waals surface area contributed by atoms with Gasteiger partial charge in [-0.25, -0.2) is 9.36 Å². The minimum absolute atomic E-state index is 0.203. The first-order valence-electron chi connectivity index (χ1n) is 5.82. The van der Waals surface area contributed by atoms with Crippen molar-refractivity contribution < 1.29 is 29.6 Å². The van der Waals surface area contributed by atoms with E-state index in [4.69, 9.17) is 9.84 Å². The highest BCUT2D eigenvalue weighted by Gasteiger charge is 2.45. The molecule has 0 unspecified atom stereocenters. The van der Waals surface area contributed by atoms with Gasteiger partial charge < -0.3 is 25.3 Å². The molecule has 3 rings (SSSR count). The van der Waals surface area contributed by atoms with Crippen LogP contribution in [-0.4, -0.2) is 54.9 Å². The molecule has 0 radical (unpaired) electrons. The molecule has 2 aromatic rings. The molecule has 2 aromatic heterocycles. The average molecular weight is 302 g/mol. The van der Waals surface area contributed by atoms with Gasteiger partial charge in [0.15, 0.2) is 6.23 Å². The normalized spacial score (nSPS) is 29.3. The van der Waals surface area contributed by atoms with E-state index in [0.29, 0.717) is 4.57 Å². The van der Waals surface area contributed by atoms with Gasteiger partial charge in [0.25, 0.3) is 0 Å². The third-order valence-corrected chi connectivity index (χ3v) is 3.25. The summed E-state index contributed by atoms with van der Waals surface area (Å²) >= 11 is 0. The highest BCUT2D eigenvalue weighted by atomic mass is 16.8. The molecule has 0 saturated carbocycles. The Morgan fingerprint density at radius 1 is 1.38 bits per heavy atom. The number of aromatic amines is 1. The lowest BCUT2D eigenvalue weighted by atomic mass is 10.1. The summed E-state index contributed by atoms with van der Waals surface area (Å²) in [6.07, 6.45) is -5.62. The zero-order chi connectivity index (χ0) is 15.3. The monoisotopic (exact) mass is 302 g/mol. The van der Waals surface area contributed by atoms with E-state index in [-0.39, 0.29) is 4.90 Å². The van der Waals surface area contributed by atoms with Gasteiger partial charge in [0.05, 0.1) is 11.8 Å². The summed E-state index contributed by atoms with van der Waals surface area (Å²) in [5.41, 5.74) is -3.08. The van der Waals surface area contributed by atoms with Crippen LogP contribution in [-0.2, 0) is 4.74 Å². The maximum atomic E-state index is 11.9. The summed E-state index contributed by atoms with van der Waals surface area (Å²) in [4.78, 5) is 25.1. The van der Waals surface area contributed by atoms with Gasteiger partial charge in [-0.3, -0.25) is 14.4 Å². The second kappa shape index (κ2) is 4.63. The van der Waals surface area contributed by atoms with Crippen molar-refractivity contribution in [2.75, 3.05) is 6.61 Å². The Morgan fingerprint density at radius 3 is 2.71 bits per heavy atom. The van der Waals surface area contributed by atoms with E-state index in [1.165, 1.54) is 0 Å². The van der Waals surface area contributed by atoms with E-state index in [9.17, 15) is 25.0 Å². The molecular weight excluding hydrogens is 292 g/mol. The van der Waals surface area contributed by atoms with Crippen LogP contribution < -0.4 is 16.2 Å². The third-order valence-electron chi connectivity index (χ3n) is 3.25. The number of H-pyrrole nitrogens is 1. The fourth-order valence-electron chi connectivity index (χ4n) is 2.23. The van der Waals surface area contributed by atoms with Crippen molar-refractivity contribution in [3.8, 4) is 0 Å². The summed E-state index contributed by atoms with van der Waals surface area (Å²) in [6.45, 7) is -0.601. The Labute approximate surface area is 113 Å². The lowest BCUT2D eigenvalue weighted by Gasteiger charge is -2.15. The zero-order valence-electron chi connectivity index (χ0n) is 10.2. The van der Waals surface area contributed by atoms with Crippen LogP contribution in [0.2, 0.25) is 0 Å². The number of ether oxygens (including phenoxy) is 1. The standard InChI is InChI=1S/C9H10N4O8/c14-1-2-4(15)5(16)8(20-2)12-6-3(13(19)21-11-6)7(17)10-9(12)18/h2,4-5,8,14-16H,1H2,(H,10,17,18)/t2-,4-,5-,8-/m1/s1. The number of aliphatic hydroxyl groups excluding tert-OH is 3. The average Bonchev–Trinajstić information content (AvgIpc) is 2.94. The number of hydrogen-bond acceptors (Lipinski definition) is 9. The van der Waals surface area contributed by atoms with E-state index in [1.54, 1.807) is 0 Å². The van der Waals surface area contributed by atoms with Gasteiger partial charge in [-0.15, -0.1) is 0 Å². The van der Waals surface area contributed by atoms with Crippen molar-refractivity contribution in [2.45, 2.75) is 24.5 Å². The van der Waals surface area contributed by atoms with Crippen molar-refractivity contribution in [3.63, 3.8) is 0 Å². The molecule has 114 valence electrons. The largest absolute Gasteiger partial charge is 0.394 e. The molecule has 0 aromatic carbocycles. The molecular formula is C9H10N4O8. The second-order valence-corrected chi connectivity index (χ2v) is 4.46. The number of rotatable bonds is 2. The Kier molecular flexibility index (Phi) is 3.02. The van der Waals surface area contributed by atoms with Crippen molar-refractivity contribution in [2.24, 2.45) is 0 Å². The molecule has 4 atom stereocenters. The summed E-state index contributed by atoms with van der Waals surface area (Å²) in [6, 6.07) is 0. The van der Waals surface area contributed by atoms with Crippen molar-refractivity contribution in [3.05, 3.63) is 26.0 Å². The number of nitrogens with one attached hydrogen (secondary N) is 1. The first-order valence-corrected chi connectivity index (χ1v) is 5.82. The van der Waals surface area contributed by atoms with E-state index in [2.05, 4.69) is 9.79 Å². The molecule has 1 saturated heterocycles. The SMILES string of the molecule is O=c1[nH]c(=O)n([C@@H]2O[C@H](CO)[C@@H](O)[C@H]2O)c2no[n+]([O-])c12. The zero-order valence-corrected chi connectivity index (χ0v) is 10.2. The van der Waals surface area contributed by atoms with Crippen LogP contribution in [0.5, 0.6) is 0 Å². The lowest BCUT2D eigenvalue weighted by Crippen LogP contribution is -2.40. The van der Waals surface area contributed by atoms with Gasteiger partial charge in [-0.1, -0.05) is 0 Å². The summed E-state index contributed by atoms with van der Waals surface area (Å²) in [5, 5.41) is 43.2. The van der Waals surface area contributed by atoms with Gasteiger partial charge in [-0.2, -0.15) is 0 Å². The van der Waals surface area contributed by atoms with Crippen LogP contribution in [0.1, 0.15) is 6.23 Å². The predicted octanol–water partition coefficient (Wildman–Crippen LogP) is -4.08. The molecule has 1 aliphatic rings. The Morgan fingerprint density at radius 2 is 2.10 bits per heavy atom. The molecule has 21 heavy (non-hydrogen) atoms. The van der Waals surface area contributed by atoms with Crippen LogP contribution in [0.15, 0.2) is 14.2 Å². The highest BCUT2D eigenvalue weighted by Crippen LogP contribution is 2.29. The van der Waals surface area contributed by atoms with E-state index in [1.807, 2.05) is 4.98 Å². The fraction of sp³-hybridized carbons (Fsp3) is 0.556. The maximum absolute atomic E-state index is 11.9. The molecule has 0 aliphatic carbocycles. The first-order chi connectivity index (χ1) is 9.95. The first kappa shape index (κ1) is 13.7. The van der Waals surface area contributed by atoms with Crippen molar-refractivity contribution in [1.82, 2.24) is 14.7 Å². The second-order valence-electron chi connectivity index (χ2n) is 4.46. The fourth-order valence-corrected chi connectivity index (χ4v) is 2.23. The molecule has 0 spiro atoms. The summed E-state index contributed by atoms with van der Waals surface area (Å²) in [7, 11) is 0. The maximum Gasteiger partial charge on any atom is 0.334 e. The van der Waals surface area contributed by atoms with Crippen molar-refractivity contribution >= 4 is 11.2 Å². The van der Waals surface area contributed by atoms with E-state index in [0.717, 1.165) is 0 Å². The third kappa shape index (κ3) is 1.84. The molecule has 0 bridgehead atoms. The smallest absolute Gasteiger partial charge is 0.334 e. The molecule has 1 fully saturated rings. The van der Waals surface area contributed by atoms with E-state index >= 15 is 0 Å². The molecule has 0 amide bonds. The van der Waals surface area contributed by atoms with Crippen LogP contribution in [0, 0.1) is 5.21 Å². The molecule has 4 N–H and O–H groups in total. The number of aliphatic hydroxyl groups is 3. The van der Waals surface area contributed by atoms with Crippen LogP contribution >= 0.6 is 0 Å². The minimum Gasteiger partial charge on any atom is -0.394 e. The highest BCUT2D eigenvalue weighted by molar-refractivity contribution is 5.63. The molecule has 12 heteroatoms. The topological polar surface area (TPSA) is 178 Å². The number of nitrogens with zero attached hydrogens (tertiary/aromatic N) is 3. The van der Waals surface area contributed by atoms with Crippen LogP contribution in [0.3, 0.4) is 0 Å². The van der Waals surface area contributed by atoms with Crippen LogP contribution in [0.25, 0.3) is 11.2 Å². The summed E-state index contributed by atoms with van der Waals surface area (Å²) in [5.74, 6) is 0. The van der Waals surface area contributed by atoms with Gasteiger partial charge in [0.1, 0.15) is 18.3 Å². The van der Waals surface area contributed by atoms with Gasteiger partial charge in [-0.05, 0) is 4.90 Å². The minimum atomic E-state index is -1.58. The van der Waals surface area contributed by atoms with E-state index < -0.39 is 53.6 Å². The Balaban J connectivity index is 2.22. The Hall–Kier alpha value is -2.28. The quantitative estimate of drug-likeness (QED) is 0.401. The molecule has 3 heterocycles. The van der Waals surface area contributed by atoms with Gasteiger partial charge in [0.2, 0.25) is 0 Å².